The van der Waals surface area contributed by atoms with E-state index in [1.807, 2.05) is 6.07 Å². The third-order valence-electron chi connectivity index (χ3n) is 4.21. The Morgan fingerprint density at radius 2 is 1.96 bits per heavy atom. The van der Waals surface area contributed by atoms with Gasteiger partial charge in [-0.2, -0.15) is 0 Å². The predicted molar refractivity (Wildman–Crippen MR) is 95.6 cm³/mol. The number of primary amides is 1. The fourth-order valence-corrected chi connectivity index (χ4v) is 2.94. The van der Waals surface area contributed by atoms with Crippen LogP contribution in [-0.4, -0.2) is 34.9 Å². The van der Waals surface area contributed by atoms with Gasteiger partial charge in [-0.3, -0.25) is 14.6 Å². The lowest BCUT2D eigenvalue weighted by Crippen LogP contribution is -2.38. The van der Waals surface area contributed by atoms with E-state index in [0.29, 0.717) is 36.8 Å². The first-order valence-electron chi connectivity index (χ1n) is 7.96. The zero-order valence-electron chi connectivity index (χ0n) is 13.5. The van der Waals surface area contributed by atoms with Crippen LogP contribution in [0.15, 0.2) is 36.7 Å². The summed E-state index contributed by atoms with van der Waals surface area (Å²) in [6, 6.07) is 6.88. The number of carbonyl (C=O) groups excluding carboxylic acids is 2. The fourth-order valence-electron chi connectivity index (χ4n) is 2.83. The fraction of sp³-hybridized carbons (Fsp3) is 0.294. The quantitative estimate of drug-likeness (QED) is 0.870. The average Bonchev–Trinajstić information content (AvgIpc) is 2.64. The zero-order valence-corrected chi connectivity index (χ0v) is 14.2. The van der Waals surface area contributed by atoms with Gasteiger partial charge in [0.2, 0.25) is 5.91 Å². The van der Waals surface area contributed by atoms with Crippen LogP contribution in [0, 0.1) is 5.92 Å². The molecule has 0 atom stereocenters. The molecule has 1 aliphatic rings. The van der Waals surface area contributed by atoms with Crippen molar-refractivity contribution >= 4 is 34.9 Å². The smallest absolute Gasteiger partial charge is 0.267 e. The summed E-state index contributed by atoms with van der Waals surface area (Å²) in [6.07, 6.45) is 4.50. The maximum atomic E-state index is 12.4. The Kier molecular flexibility index (Phi) is 5.14. The van der Waals surface area contributed by atoms with Crippen LogP contribution >= 0.6 is 11.6 Å². The molecule has 0 aromatic carbocycles. The van der Waals surface area contributed by atoms with Gasteiger partial charge in [-0.05, 0) is 37.1 Å². The number of aromatic nitrogens is 2. The summed E-state index contributed by atoms with van der Waals surface area (Å²) >= 11 is 5.79. The van der Waals surface area contributed by atoms with E-state index in [1.165, 1.54) is 6.20 Å². The molecule has 1 aliphatic heterocycles. The first kappa shape index (κ1) is 17.2. The largest absolute Gasteiger partial charge is 0.371 e. The van der Waals surface area contributed by atoms with Gasteiger partial charge in [0.25, 0.3) is 5.91 Å². The highest BCUT2D eigenvalue weighted by Gasteiger charge is 2.25. The lowest BCUT2D eigenvalue weighted by molar-refractivity contribution is -0.120. The molecule has 0 radical (unpaired) electrons. The number of nitrogens with two attached hydrogens (primary N) is 1. The van der Waals surface area contributed by atoms with Crippen LogP contribution in [0.2, 0.25) is 5.02 Å². The van der Waals surface area contributed by atoms with Gasteiger partial charge in [-0.25, -0.2) is 4.98 Å². The number of amides is 2. The van der Waals surface area contributed by atoms with E-state index in [-0.39, 0.29) is 17.5 Å². The molecule has 0 bridgehead atoms. The molecule has 0 saturated carbocycles. The van der Waals surface area contributed by atoms with Crippen molar-refractivity contribution in [2.75, 3.05) is 23.3 Å². The Morgan fingerprint density at radius 1 is 1.20 bits per heavy atom. The summed E-state index contributed by atoms with van der Waals surface area (Å²) in [5.74, 6) is -0.170. The molecule has 2 aromatic rings. The van der Waals surface area contributed by atoms with E-state index in [0.717, 1.165) is 5.69 Å². The summed E-state index contributed by atoms with van der Waals surface area (Å²) in [6.45, 7) is 1.43. The monoisotopic (exact) mass is 359 g/mol. The van der Waals surface area contributed by atoms with Crippen molar-refractivity contribution in [3.63, 3.8) is 0 Å². The molecule has 0 unspecified atom stereocenters. The highest BCUT2D eigenvalue weighted by atomic mass is 35.5. The third-order valence-corrected chi connectivity index (χ3v) is 4.43. The molecule has 2 amide bonds. The Balaban J connectivity index is 1.58. The molecule has 0 aliphatic carbocycles. The molecule has 3 rings (SSSR count). The SMILES string of the molecule is NC(=O)c1cc(N2CCC(C(=O)Nc3ccc(Cl)cn3)CC2)ccn1. The van der Waals surface area contributed by atoms with Crippen molar-refractivity contribution < 1.29 is 9.59 Å². The minimum absolute atomic E-state index is 0.0398. The highest BCUT2D eigenvalue weighted by Crippen LogP contribution is 2.24. The number of pyridine rings is 2. The minimum Gasteiger partial charge on any atom is -0.371 e. The van der Waals surface area contributed by atoms with Crippen molar-refractivity contribution in [1.29, 1.82) is 0 Å². The van der Waals surface area contributed by atoms with Crippen LogP contribution in [0.3, 0.4) is 0 Å². The van der Waals surface area contributed by atoms with Crippen molar-refractivity contribution in [1.82, 2.24) is 9.97 Å². The van der Waals surface area contributed by atoms with Crippen molar-refractivity contribution in [2.24, 2.45) is 11.7 Å². The highest BCUT2D eigenvalue weighted by molar-refractivity contribution is 6.30. The van der Waals surface area contributed by atoms with Crippen molar-refractivity contribution in [2.45, 2.75) is 12.8 Å². The van der Waals surface area contributed by atoms with Gasteiger partial charge in [0, 0.05) is 37.1 Å². The number of hydrogen-bond donors (Lipinski definition) is 2. The molecule has 8 heteroatoms. The molecule has 3 heterocycles. The minimum atomic E-state index is -0.549. The first-order valence-corrected chi connectivity index (χ1v) is 8.34. The zero-order chi connectivity index (χ0) is 17.8. The summed E-state index contributed by atoms with van der Waals surface area (Å²) in [5, 5.41) is 3.35. The Bertz CT molecular complexity index is 773. The van der Waals surface area contributed by atoms with Crippen molar-refractivity contribution in [3.05, 3.63) is 47.4 Å². The Hall–Kier alpha value is -2.67. The second-order valence-electron chi connectivity index (χ2n) is 5.88. The number of nitrogens with zero attached hydrogens (tertiary/aromatic N) is 3. The van der Waals surface area contributed by atoms with E-state index >= 15 is 0 Å². The Morgan fingerprint density at radius 3 is 2.60 bits per heavy atom. The number of halogens is 1. The Labute approximate surface area is 150 Å². The molecular weight excluding hydrogens is 342 g/mol. The summed E-state index contributed by atoms with van der Waals surface area (Å²) in [7, 11) is 0. The third kappa shape index (κ3) is 4.24. The average molecular weight is 360 g/mol. The van der Waals surface area contributed by atoms with Crippen LogP contribution in [0.4, 0.5) is 11.5 Å². The normalized spacial score (nSPS) is 15.0. The molecule has 25 heavy (non-hydrogen) atoms. The number of nitrogens with one attached hydrogen (secondary N) is 1. The second-order valence-corrected chi connectivity index (χ2v) is 6.31. The standard InChI is InChI=1S/C17H18ClN5O2/c18-12-1-2-15(21-10-12)22-17(25)11-4-7-23(8-5-11)13-3-6-20-14(9-13)16(19)24/h1-3,6,9-11H,4-5,7-8H2,(H2,19,24)(H,21,22,25). The van der Waals surface area contributed by atoms with Crippen LogP contribution in [0.1, 0.15) is 23.3 Å². The number of rotatable bonds is 4. The van der Waals surface area contributed by atoms with Gasteiger partial charge >= 0.3 is 0 Å². The number of piperidine rings is 1. The first-order chi connectivity index (χ1) is 12.0. The van der Waals surface area contributed by atoms with E-state index in [9.17, 15) is 9.59 Å². The van der Waals surface area contributed by atoms with Crippen LogP contribution in [0.5, 0.6) is 0 Å². The van der Waals surface area contributed by atoms with E-state index in [2.05, 4.69) is 20.2 Å². The number of carbonyl (C=O) groups is 2. The van der Waals surface area contributed by atoms with Crippen LogP contribution in [0.25, 0.3) is 0 Å². The lowest BCUT2D eigenvalue weighted by Gasteiger charge is -2.33. The topological polar surface area (TPSA) is 101 Å². The van der Waals surface area contributed by atoms with E-state index in [4.69, 9.17) is 17.3 Å². The van der Waals surface area contributed by atoms with Gasteiger partial charge in [0.05, 0.1) is 5.02 Å². The summed E-state index contributed by atoms with van der Waals surface area (Å²) in [4.78, 5) is 33.8. The molecule has 3 N–H and O–H groups in total. The predicted octanol–water partition coefficient (Wildman–Crippen LogP) is 2.08. The van der Waals surface area contributed by atoms with Gasteiger partial charge < -0.3 is 16.0 Å². The molecular formula is C17H18ClN5O2. The van der Waals surface area contributed by atoms with Gasteiger partial charge in [-0.15, -0.1) is 0 Å². The number of hydrogen-bond acceptors (Lipinski definition) is 5. The number of anilines is 2. The van der Waals surface area contributed by atoms with E-state index < -0.39 is 5.91 Å². The second kappa shape index (κ2) is 7.48. The molecule has 0 spiro atoms. The van der Waals surface area contributed by atoms with Gasteiger partial charge in [0.15, 0.2) is 0 Å². The van der Waals surface area contributed by atoms with Crippen molar-refractivity contribution in [3.8, 4) is 0 Å². The molecule has 7 nitrogen and oxygen atoms in total. The molecule has 1 saturated heterocycles. The molecule has 130 valence electrons. The van der Waals surface area contributed by atoms with Gasteiger partial charge in [0.1, 0.15) is 11.5 Å². The van der Waals surface area contributed by atoms with Gasteiger partial charge in [-0.1, -0.05) is 11.6 Å². The maximum absolute atomic E-state index is 12.4. The van der Waals surface area contributed by atoms with E-state index in [1.54, 1.807) is 24.4 Å². The van der Waals surface area contributed by atoms with Crippen LogP contribution in [-0.2, 0) is 4.79 Å². The van der Waals surface area contributed by atoms with Crippen LogP contribution < -0.4 is 16.0 Å². The molecule has 2 aromatic heterocycles. The lowest BCUT2D eigenvalue weighted by atomic mass is 9.95. The molecule has 1 fully saturated rings. The summed E-state index contributed by atoms with van der Waals surface area (Å²) < 4.78 is 0. The summed E-state index contributed by atoms with van der Waals surface area (Å²) in [5.41, 5.74) is 6.40. The maximum Gasteiger partial charge on any atom is 0.267 e.